The van der Waals surface area contributed by atoms with Crippen molar-refractivity contribution >= 4 is 21.7 Å². The third-order valence-corrected chi connectivity index (χ3v) is 4.20. The molecule has 0 spiro atoms. The van der Waals surface area contributed by atoms with Gasteiger partial charge in [-0.2, -0.15) is 0 Å². The van der Waals surface area contributed by atoms with Crippen LogP contribution in [0, 0.1) is 0 Å². The van der Waals surface area contributed by atoms with Crippen molar-refractivity contribution in [3.8, 4) is 11.1 Å². The molecule has 2 heterocycles. The second-order valence-electron chi connectivity index (χ2n) is 5.69. The van der Waals surface area contributed by atoms with Crippen LogP contribution in [0.1, 0.15) is 10.4 Å². The summed E-state index contributed by atoms with van der Waals surface area (Å²) in [5.74, 6) is 0.0251. The fourth-order valence-electron chi connectivity index (χ4n) is 2.42. The summed E-state index contributed by atoms with van der Waals surface area (Å²) < 4.78 is 37.5. The first-order valence-corrected chi connectivity index (χ1v) is 9.18. The van der Waals surface area contributed by atoms with Gasteiger partial charge in [0, 0.05) is 17.3 Å². The first-order chi connectivity index (χ1) is 11.3. The molecule has 3 rings (SSSR count). The van der Waals surface area contributed by atoms with E-state index in [4.69, 9.17) is 0 Å². The minimum absolute atomic E-state index is 0.135. The summed E-state index contributed by atoms with van der Waals surface area (Å²) in [5.41, 5.74) is 2.00. The van der Waals surface area contributed by atoms with Crippen molar-refractivity contribution in [2.45, 2.75) is 6.17 Å². The number of halogens is 1. The van der Waals surface area contributed by atoms with Gasteiger partial charge in [-0.05, 0) is 29.8 Å². The van der Waals surface area contributed by atoms with E-state index in [1.54, 1.807) is 30.3 Å². The highest BCUT2D eigenvalue weighted by molar-refractivity contribution is 7.92. The van der Waals surface area contributed by atoms with Crippen LogP contribution in [0.3, 0.4) is 0 Å². The van der Waals surface area contributed by atoms with E-state index in [1.807, 2.05) is 6.07 Å². The topological polar surface area (TPSA) is 79.4 Å². The van der Waals surface area contributed by atoms with Crippen LogP contribution in [0.2, 0.25) is 0 Å². The largest absolute Gasteiger partial charge is 0.333 e. The van der Waals surface area contributed by atoms with Crippen molar-refractivity contribution < 1.29 is 17.6 Å². The van der Waals surface area contributed by atoms with Gasteiger partial charge in [0.1, 0.15) is 12.0 Å². The summed E-state index contributed by atoms with van der Waals surface area (Å²) in [5, 5.41) is 0. The molecule has 0 bridgehead atoms. The maximum atomic E-state index is 12.9. The average Bonchev–Trinajstić information content (AvgIpc) is 2.50. The Bertz CT molecular complexity index is 862. The number of nitrogens with one attached hydrogen (secondary N) is 1. The second kappa shape index (κ2) is 6.20. The number of alkyl halides is 1. The van der Waals surface area contributed by atoms with E-state index < -0.39 is 16.2 Å². The fraction of sp³-hybridized carbons (Fsp3) is 0.250. The molecule has 1 N–H and O–H groups in total. The molecule has 0 unspecified atom stereocenters. The van der Waals surface area contributed by atoms with E-state index in [-0.39, 0.29) is 24.8 Å². The van der Waals surface area contributed by atoms with Crippen LogP contribution < -0.4 is 4.72 Å². The predicted molar refractivity (Wildman–Crippen MR) is 88.9 cm³/mol. The molecule has 24 heavy (non-hydrogen) atoms. The quantitative estimate of drug-likeness (QED) is 0.914. The molecule has 1 fully saturated rings. The number of hydrogen-bond donors (Lipinski definition) is 1. The Labute approximate surface area is 139 Å². The Morgan fingerprint density at radius 1 is 1.25 bits per heavy atom. The molecular weight excluding hydrogens is 333 g/mol. The highest BCUT2D eigenvalue weighted by Gasteiger charge is 2.30. The molecule has 1 saturated heterocycles. The molecule has 1 aliphatic heterocycles. The first-order valence-electron chi connectivity index (χ1n) is 7.29. The third-order valence-electron chi connectivity index (χ3n) is 3.62. The summed E-state index contributed by atoms with van der Waals surface area (Å²) in [4.78, 5) is 17.7. The van der Waals surface area contributed by atoms with Gasteiger partial charge >= 0.3 is 0 Å². The smallest absolute Gasteiger partial charge is 0.254 e. The minimum atomic E-state index is -3.38. The van der Waals surface area contributed by atoms with Gasteiger partial charge in [0.15, 0.2) is 0 Å². The van der Waals surface area contributed by atoms with Gasteiger partial charge in [-0.15, -0.1) is 0 Å². The van der Waals surface area contributed by atoms with Crippen molar-refractivity contribution in [2.24, 2.45) is 0 Å². The van der Waals surface area contributed by atoms with Gasteiger partial charge in [-0.25, -0.2) is 17.8 Å². The zero-order valence-electron chi connectivity index (χ0n) is 12.9. The van der Waals surface area contributed by atoms with Crippen LogP contribution in [0.25, 0.3) is 11.1 Å². The molecule has 1 amide bonds. The fourth-order valence-corrected chi connectivity index (χ4v) is 2.92. The molecule has 1 aromatic carbocycles. The van der Waals surface area contributed by atoms with Crippen molar-refractivity contribution in [2.75, 3.05) is 24.1 Å². The van der Waals surface area contributed by atoms with E-state index in [0.29, 0.717) is 5.56 Å². The van der Waals surface area contributed by atoms with Gasteiger partial charge in [0.05, 0.1) is 19.3 Å². The average molecular weight is 349 g/mol. The number of benzene rings is 1. The molecule has 1 aromatic heterocycles. The molecule has 6 nitrogen and oxygen atoms in total. The Balaban J connectivity index is 1.80. The third kappa shape index (κ3) is 3.70. The molecule has 0 saturated carbocycles. The summed E-state index contributed by atoms with van der Waals surface area (Å²) in [6.07, 6.45) is 1.64. The highest BCUT2D eigenvalue weighted by Crippen LogP contribution is 2.23. The zero-order chi connectivity index (χ0) is 17.3. The molecule has 8 heteroatoms. The maximum absolute atomic E-state index is 12.9. The Morgan fingerprint density at radius 3 is 2.58 bits per heavy atom. The molecule has 126 valence electrons. The van der Waals surface area contributed by atoms with E-state index in [2.05, 4.69) is 9.71 Å². The van der Waals surface area contributed by atoms with Crippen molar-refractivity contribution in [3.63, 3.8) is 0 Å². The Hall–Kier alpha value is -2.48. The standard InChI is InChI=1S/C16H16FN3O3S/c1-24(22,23)19-15-6-5-13(8-18-15)11-3-2-4-12(7-11)16(21)20-9-14(17)10-20/h2-8,14H,9-10H2,1H3,(H,18,19). The number of rotatable bonds is 4. The summed E-state index contributed by atoms with van der Waals surface area (Å²) in [7, 11) is -3.38. The number of hydrogen-bond acceptors (Lipinski definition) is 4. The lowest BCUT2D eigenvalue weighted by molar-refractivity contribution is 0.0400. The zero-order valence-corrected chi connectivity index (χ0v) is 13.8. The number of aromatic nitrogens is 1. The van der Waals surface area contributed by atoms with Crippen LogP contribution in [0.5, 0.6) is 0 Å². The van der Waals surface area contributed by atoms with E-state index in [9.17, 15) is 17.6 Å². The van der Waals surface area contributed by atoms with Crippen LogP contribution in [-0.2, 0) is 10.0 Å². The van der Waals surface area contributed by atoms with Crippen LogP contribution in [-0.4, -0.2) is 49.7 Å². The number of anilines is 1. The lowest BCUT2D eigenvalue weighted by Crippen LogP contribution is -2.51. The maximum Gasteiger partial charge on any atom is 0.254 e. The molecule has 0 radical (unpaired) electrons. The number of amides is 1. The van der Waals surface area contributed by atoms with Crippen LogP contribution >= 0.6 is 0 Å². The minimum Gasteiger partial charge on any atom is -0.333 e. The number of carbonyl (C=O) groups excluding carboxylic acids is 1. The molecular formula is C16H16FN3O3S. The van der Waals surface area contributed by atoms with E-state index in [0.717, 1.165) is 17.4 Å². The number of nitrogens with zero attached hydrogens (tertiary/aromatic N) is 2. The second-order valence-corrected chi connectivity index (χ2v) is 7.44. The summed E-state index contributed by atoms with van der Waals surface area (Å²) in [6, 6.07) is 10.2. The lowest BCUT2D eigenvalue weighted by atomic mass is 10.0. The van der Waals surface area contributed by atoms with Crippen molar-refractivity contribution in [1.82, 2.24) is 9.88 Å². The predicted octanol–water partition coefficient (Wildman–Crippen LogP) is 1.91. The normalized spacial score (nSPS) is 15.0. The van der Waals surface area contributed by atoms with Crippen molar-refractivity contribution in [1.29, 1.82) is 0 Å². The van der Waals surface area contributed by atoms with Gasteiger partial charge in [-0.3, -0.25) is 9.52 Å². The molecule has 0 atom stereocenters. The first kappa shape index (κ1) is 16.4. The Kier molecular flexibility index (Phi) is 4.23. The van der Waals surface area contributed by atoms with Crippen molar-refractivity contribution in [3.05, 3.63) is 48.2 Å². The lowest BCUT2D eigenvalue weighted by Gasteiger charge is -2.34. The van der Waals surface area contributed by atoms with Gasteiger partial charge < -0.3 is 4.90 Å². The number of pyridine rings is 1. The number of likely N-dealkylation sites (tertiary alicyclic amines) is 1. The van der Waals surface area contributed by atoms with Gasteiger partial charge in [-0.1, -0.05) is 12.1 Å². The summed E-state index contributed by atoms with van der Waals surface area (Å²) in [6.45, 7) is 0.271. The van der Waals surface area contributed by atoms with Crippen LogP contribution in [0.15, 0.2) is 42.6 Å². The SMILES string of the molecule is CS(=O)(=O)Nc1ccc(-c2cccc(C(=O)N3CC(F)C3)c2)cn1. The van der Waals surface area contributed by atoms with E-state index in [1.165, 1.54) is 11.1 Å². The Morgan fingerprint density at radius 2 is 2.00 bits per heavy atom. The van der Waals surface area contributed by atoms with E-state index >= 15 is 0 Å². The van der Waals surface area contributed by atoms with Gasteiger partial charge in [0.25, 0.3) is 5.91 Å². The number of sulfonamides is 1. The molecule has 1 aliphatic rings. The number of carbonyl (C=O) groups is 1. The van der Waals surface area contributed by atoms with Gasteiger partial charge in [0.2, 0.25) is 10.0 Å². The molecule has 2 aromatic rings. The van der Waals surface area contributed by atoms with Crippen LogP contribution in [0.4, 0.5) is 10.2 Å². The highest BCUT2D eigenvalue weighted by atomic mass is 32.2. The monoisotopic (exact) mass is 349 g/mol. The summed E-state index contributed by atoms with van der Waals surface area (Å²) >= 11 is 0. The molecule has 0 aliphatic carbocycles.